The Bertz CT molecular complexity index is 1350. The van der Waals surface area contributed by atoms with Gasteiger partial charge in [-0.25, -0.2) is 4.79 Å². The Hall–Kier alpha value is -3.73. The first-order valence-corrected chi connectivity index (χ1v) is 12.0. The van der Waals surface area contributed by atoms with Crippen LogP contribution in [0.25, 0.3) is 0 Å². The molecule has 0 spiro atoms. The normalized spacial score (nSPS) is 10.4. The van der Waals surface area contributed by atoms with Crippen LogP contribution < -0.4 is 15.0 Å². The minimum Gasteiger partial charge on any atom is -0.490 e. The van der Waals surface area contributed by atoms with Crippen molar-refractivity contribution in [3.63, 3.8) is 0 Å². The first-order chi connectivity index (χ1) is 17.6. The molecule has 0 aromatic heterocycles. The summed E-state index contributed by atoms with van der Waals surface area (Å²) in [5.74, 6) is -1.12. The van der Waals surface area contributed by atoms with Crippen molar-refractivity contribution >= 4 is 63.8 Å². The van der Waals surface area contributed by atoms with Gasteiger partial charge >= 0.3 is 11.7 Å². The summed E-state index contributed by atoms with van der Waals surface area (Å²) in [5, 5.41) is 14.8. The van der Waals surface area contributed by atoms with Crippen molar-refractivity contribution in [2.75, 3.05) is 18.6 Å². The second-order valence-electron chi connectivity index (χ2n) is 7.49. The number of hydrogen-bond acceptors (Lipinski definition) is 7. The molecule has 3 aromatic carbocycles. The van der Waals surface area contributed by atoms with Crippen LogP contribution in [0.15, 0.2) is 60.7 Å². The lowest BCUT2D eigenvalue weighted by atomic mass is 10.1. The van der Waals surface area contributed by atoms with Crippen LogP contribution in [0.1, 0.15) is 33.2 Å². The third-order valence-corrected chi connectivity index (χ3v) is 6.05. The average Bonchev–Trinajstić information content (AvgIpc) is 2.88. The molecule has 12 heteroatoms. The zero-order chi connectivity index (χ0) is 27.1. The van der Waals surface area contributed by atoms with Crippen LogP contribution in [-0.2, 0) is 11.3 Å². The molecule has 37 heavy (non-hydrogen) atoms. The number of methoxy groups -OCH3 is 1. The van der Waals surface area contributed by atoms with E-state index in [9.17, 15) is 19.7 Å². The van der Waals surface area contributed by atoms with Gasteiger partial charge in [0.25, 0.3) is 5.91 Å². The van der Waals surface area contributed by atoms with Crippen LogP contribution in [0.3, 0.4) is 0 Å². The molecule has 192 valence electrons. The van der Waals surface area contributed by atoms with E-state index in [1.54, 1.807) is 54.3 Å². The third kappa shape index (κ3) is 6.94. The number of rotatable bonds is 8. The molecule has 0 saturated carbocycles. The molecule has 1 amide bonds. The van der Waals surface area contributed by atoms with Gasteiger partial charge < -0.3 is 14.4 Å². The predicted molar refractivity (Wildman–Crippen MR) is 145 cm³/mol. The lowest BCUT2D eigenvalue weighted by Gasteiger charge is -2.26. The van der Waals surface area contributed by atoms with Gasteiger partial charge in [0.2, 0.25) is 0 Å². The molecule has 0 fully saturated rings. The number of hydrogen-bond donors (Lipinski definition) is 1. The largest absolute Gasteiger partial charge is 0.490 e. The number of amides is 1. The first-order valence-electron chi connectivity index (χ1n) is 10.8. The highest BCUT2D eigenvalue weighted by Gasteiger charge is 2.22. The van der Waals surface area contributed by atoms with Crippen molar-refractivity contribution in [3.05, 3.63) is 97.5 Å². The minimum absolute atomic E-state index is 0.00151. The van der Waals surface area contributed by atoms with E-state index >= 15 is 0 Å². The van der Waals surface area contributed by atoms with Gasteiger partial charge in [-0.1, -0.05) is 29.3 Å². The Kier molecular flexibility index (Phi) is 9.40. The number of nitrogens with one attached hydrogen (secondary N) is 1. The van der Waals surface area contributed by atoms with Crippen molar-refractivity contribution < 1.29 is 24.0 Å². The highest BCUT2D eigenvalue weighted by molar-refractivity contribution is 7.80. The molecule has 3 rings (SSSR count). The standard InChI is InChI=1S/C25H21Cl2N3O6S/c1-3-36-24(32)15-5-9-19(10-6-15)29(14-17-4-8-18(26)13-20(17)27)25(37)28-23(31)16-7-11-22(35-2)21(12-16)30(33)34/h4-13H,3,14H2,1-2H3,(H,28,31,37). The zero-order valence-electron chi connectivity index (χ0n) is 19.7. The average molecular weight is 562 g/mol. The molecule has 0 aliphatic rings. The maximum Gasteiger partial charge on any atom is 0.338 e. The minimum atomic E-state index is -0.661. The van der Waals surface area contributed by atoms with Crippen LogP contribution >= 0.6 is 35.4 Å². The van der Waals surface area contributed by atoms with Crippen LogP contribution in [0.5, 0.6) is 5.75 Å². The van der Waals surface area contributed by atoms with Gasteiger partial charge in [-0.2, -0.15) is 0 Å². The molecule has 0 heterocycles. The number of thiocarbonyl (C=S) groups is 1. The Morgan fingerprint density at radius 1 is 1.05 bits per heavy atom. The molecule has 0 bridgehead atoms. The Labute approximate surface area is 228 Å². The second kappa shape index (κ2) is 12.5. The van der Waals surface area contributed by atoms with E-state index in [1.165, 1.54) is 19.2 Å². The van der Waals surface area contributed by atoms with E-state index in [4.69, 9.17) is 44.9 Å². The van der Waals surface area contributed by atoms with Crippen molar-refractivity contribution in [2.24, 2.45) is 0 Å². The van der Waals surface area contributed by atoms with Gasteiger partial charge in [-0.05, 0) is 73.2 Å². The number of ether oxygens (including phenoxy) is 2. The van der Waals surface area contributed by atoms with Gasteiger partial charge in [-0.15, -0.1) is 0 Å². The zero-order valence-corrected chi connectivity index (χ0v) is 22.0. The first kappa shape index (κ1) is 27.9. The van der Waals surface area contributed by atoms with Crippen LogP contribution in [0.2, 0.25) is 10.0 Å². The van der Waals surface area contributed by atoms with Crippen LogP contribution in [-0.4, -0.2) is 35.6 Å². The smallest absolute Gasteiger partial charge is 0.338 e. The maximum atomic E-state index is 13.0. The van der Waals surface area contributed by atoms with Gasteiger partial charge in [0.05, 0.1) is 30.7 Å². The molecule has 3 aromatic rings. The van der Waals surface area contributed by atoms with Gasteiger partial charge in [0.1, 0.15) is 0 Å². The second-order valence-corrected chi connectivity index (χ2v) is 8.72. The molecule has 0 atom stereocenters. The Balaban J connectivity index is 1.92. The summed E-state index contributed by atoms with van der Waals surface area (Å²) in [6, 6.07) is 15.2. The Morgan fingerprint density at radius 2 is 1.73 bits per heavy atom. The number of halogens is 2. The van der Waals surface area contributed by atoms with Gasteiger partial charge in [-0.3, -0.25) is 20.2 Å². The van der Waals surface area contributed by atoms with Crippen molar-refractivity contribution in [2.45, 2.75) is 13.5 Å². The number of carbonyl (C=O) groups excluding carboxylic acids is 2. The molecule has 1 N–H and O–H groups in total. The SMILES string of the molecule is CCOC(=O)c1ccc(N(Cc2ccc(Cl)cc2Cl)C(=S)NC(=O)c2ccc(OC)c([N+](=O)[O-])c2)cc1. The lowest BCUT2D eigenvalue weighted by molar-refractivity contribution is -0.385. The number of carbonyl (C=O) groups is 2. The molecule has 9 nitrogen and oxygen atoms in total. The topological polar surface area (TPSA) is 111 Å². The summed E-state index contributed by atoms with van der Waals surface area (Å²) in [5.41, 5.74) is 1.20. The fourth-order valence-electron chi connectivity index (χ4n) is 3.30. The molecule has 0 aliphatic heterocycles. The van der Waals surface area contributed by atoms with Crippen molar-refractivity contribution in [1.29, 1.82) is 0 Å². The summed E-state index contributed by atoms with van der Waals surface area (Å²) in [6.45, 7) is 2.10. The molecule has 0 unspecified atom stereocenters. The van der Waals surface area contributed by atoms with E-state index in [1.807, 2.05) is 0 Å². The highest BCUT2D eigenvalue weighted by Crippen LogP contribution is 2.28. The monoisotopic (exact) mass is 561 g/mol. The molecule has 0 saturated heterocycles. The molecular formula is C25H21Cl2N3O6S. The fourth-order valence-corrected chi connectivity index (χ4v) is 4.03. The quantitative estimate of drug-likeness (QED) is 0.159. The van der Waals surface area contributed by atoms with E-state index in [0.29, 0.717) is 26.9 Å². The van der Waals surface area contributed by atoms with E-state index in [-0.39, 0.29) is 35.3 Å². The number of benzene rings is 3. The number of nitrogens with zero attached hydrogens (tertiary/aromatic N) is 2. The number of anilines is 1. The van der Waals surface area contributed by atoms with E-state index in [0.717, 1.165) is 6.07 Å². The summed E-state index contributed by atoms with van der Waals surface area (Å²) >= 11 is 17.9. The summed E-state index contributed by atoms with van der Waals surface area (Å²) in [4.78, 5) is 37.3. The fraction of sp³-hybridized carbons (Fsp3) is 0.160. The van der Waals surface area contributed by atoms with Gasteiger partial charge in [0, 0.05) is 27.4 Å². The number of esters is 1. The van der Waals surface area contributed by atoms with Crippen molar-refractivity contribution in [3.8, 4) is 5.75 Å². The van der Waals surface area contributed by atoms with Crippen LogP contribution in [0, 0.1) is 10.1 Å². The number of nitro groups is 1. The molecule has 0 aliphatic carbocycles. The molecular weight excluding hydrogens is 541 g/mol. The van der Waals surface area contributed by atoms with E-state index in [2.05, 4.69) is 5.32 Å². The lowest BCUT2D eigenvalue weighted by Crippen LogP contribution is -2.42. The predicted octanol–water partition coefficient (Wildman–Crippen LogP) is 5.81. The van der Waals surface area contributed by atoms with E-state index < -0.39 is 16.8 Å². The maximum absolute atomic E-state index is 13.0. The van der Waals surface area contributed by atoms with Crippen molar-refractivity contribution in [1.82, 2.24) is 5.32 Å². The third-order valence-electron chi connectivity index (χ3n) is 5.14. The van der Waals surface area contributed by atoms with Crippen LogP contribution in [0.4, 0.5) is 11.4 Å². The summed E-state index contributed by atoms with van der Waals surface area (Å²) in [7, 11) is 1.30. The highest BCUT2D eigenvalue weighted by atomic mass is 35.5. The summed E-state index contributed by atoms with van der Waals surface area (Å²) in [6.07, 6.45) is 0. The number of nitro benzene ring substituents is 1. The Morgan fingerprint density at radius 3 is 2.32 bits per heavy atom. The van der Waals surface area contributed by atoms with Gasteiger partial charge in [0.15, 0.2) is 10.9 Å². The molecule has 0 radical (unpaired) electrons. The summed E-state index contributed by atoms with van der Waals surface area (Å²) < 4.78 is 10.0.